The Balaban J connectivity index is 1.39. The topological polar surface area (TPSA) is 59.7 Å². The number of hydrogen-bond acceptors (Lipinski definition) is 4. The molecular formula is C19H20N4O2. The summed E-state index contributed by atoms with van der Waals surface area (Å²) in [5.41, 5.74) is 2.32. The summed E-state index contributed by atoms with van der Waals surface area (Å²) in [6.07, 6.45) is 9.01. The van der Waals surface area contributed by atoms with E-state index >= 15 is 0 Å². The van der Waals surface area contributed by atoms with Crippen molar-refractivity contribution in [1.29, 1.82) is 0 Å². The number of likely N-dealkylation sites (tertiary alicyclic amines) is 1. The second-order valence-corrected chi connectivity index (χ2v) is 6.34. The Morgan fingerprint density at radius 3 is 2.84 bits per heavy atom. The second-order valence-electron chi connectivity index (χ2n) is 6.34. The molecule has 0 N–H and O–H groups in total. The Morgan fingerprint density at radius 1 is 1.24 bits per heavy atom. The molecule has 4 heterocycles. The normalized spacial score (nSPS) is 15.5. The van der Waals surface area contributed by atoms with Crippen LogP contribution in [0.2, 0.25) is 0 Å². The van der Waals surface area contributed by atoms with Gasteiger partial charge in [0, 0.05) is 56.3 Å². The fourth-order valence-electron chi connectivity index (χ4n) is 3.15. The predicted molar refractivity (Wildman–Crippen MR) is 93.7 cm³/mol. The van der Waals surface area contributed by atoms with E-state index in [0.717, 1.165) is 29.8 Å². The van der Waals surface area contributed by atoms with Crippen molar-refractivity contribution in [3.8, 4) is 5.75 Å². The van der Waals surface area contributed by atoms with Gasteiger partial charge < -0.3 is 14.0 Å². The molecule has 1 aliphatic rings. The highest BCUT2D eigenvalue weighted by Gasteiger charge is 2.26. The van der Waals surface area contributed by atoms with Crippen LogP contribution in [-0.4, -0.2) is 44.4 Å². The summed E-state index contributed by atoms with van der Waals surface area (Å²) in [5, 5.41) is 0. The highest BCUT2D eigenvalue weighted by atomic mass is 16.5. The molecule has 128 valence electrons. The SMILES string of the molecule is Cc1cnccc1OC1CCN(C(=O)c2cn3ccccc3n2)CC1. The third kappa shape index (κ3) is 3.20. The molecule has 1 fully saturated rings. The van der Waals surface area contributed by atoms with Crippen molar-refractivity contribution >= 4 is 11.6 Å². The number of aromatic nitrogens is 3. The number of imidazole rings is 1. The second kappa shape index (κ2) is 6.55. The third-order valence-electron chi connectivity index (χ3n) is 4.57. The van der Waals surface area contributed by atoms with Crippen molar-refractivity contribution < 1.29 is 9.53 Å². The number of carbonyl (C=O) groups is 1. The number of fused-ring (bicyclic) bond motifs is 1. The number of nitrogens with zero attached hydrogens (tertiary/aromatic N) is 4. The maximum atomic E-state index is 12.7. The van der Waals surface area contributed by atoms with Gasteiger partial charge in [-0.2, -0.15) is 0 Å². The minimum atomic E-state index is -0.0118. The van der Waals surface area contributed by atoms with Crippen LogP contribution in [0.15, 0.2) is 49.1 Å². The molecule has 0 unspecified atom stereocenters. The summed E-state index contributed by atoms with van der Waals surface area (Å²) in [4.78, 5) is 23.1. The number of hydrogen-bond donors (Lipinski definition) is 0. The molecule has 1 amide bonds. The van der Waals surface area contributed by atoms with E-state index in [0.29, 0.717) is 18.8 Å². The van der Waals surface area contributed by atoms with Gasteiger partial charge in [-0.15, -0.1) is 0 Å². The van der Waals surface area contributed by atoms with Gasteiger partial charge in [0.25, 0.3) is 5.91 Å². The first-order valence-electron chi connectivity index (χ1n) is 8.51. The van der Waals surface area contributed by atoms with E-state index in [-0.39, 0.29) is 12.0 Å². The van der Waals surface area contributed by atoms with Gasteiger partial charge in [0.2, 0.25) is 0 Å². The average Bonchev–Trinajstić information content (AvgIpc) is 3.08. The minimum absolute atomic E-state index is 0.0118. The monoisotopic (exact) mass is 336 g/mol. The molecule has 0 saturated carbocycles. The molecule has 6 heteroatoms. The summed E-state index contributed by atoms with van der Waals surface area (Å²) >= 11 is 0. The molecule has 3 aromatic rings. The van der Waals surface area contributed by atoms with Gasteiger partial charge >= 0.3 is 0 Å². The van der Waals surface area contributed by atoms with Crippen molar-refractivity contribution in [2.45, 2.75) is 25.9 Å². The quantitative estimate of drug-likeness (QED) is 0.738. The zero-order valence-electron chi connectivity index (χ0n) is 14.1. The molecular weight excluding hydrogens is 316 g/mol. The lowest BCUT2D eigenvalue weighted by molar-refractivity contribution is 0.0589. The van der Waals surface area contributed by atoms with Gasteiger partial charge in [0.15, 0.2) is 0 Å². The van der Waals surface area contributed by atoms with Gasteiger partial charge in [0.1, 0.15) is 23.2 Å². The molecule has 0 radical (unpaired) electrons. The summed E-state index contributed by atoms with van der Waals surface area (Å²) < 4.78 is 7.94. The van der Waals surface area contributed by atoms with E-state index in [4.69, 9.17) is 4.74 Å². The van der Waals surface area contributed by atoms with Gasteiger partial charge in [-0.05, 0) is 25.1 Å². The smallest absolute Gasteiger partial charge is 0.274 e. The van der Waals surface area contributed by atoms with Crippen LogP contribution >= 0.6 is 0 Å². The number of ether oxygens (including phenoxy) is 1. The predicted octanol–water partition coefficient (Wildman–Crippen LogP) is 2.72. The van der Waals surface area contributed by atoms with E-state index in [9.17, 15) is 4.79 Å². The van der Waals surface area contributed by atoms with E-state index in [1.165, 1.54) is 0 Å². The van der Waals surface area contributed by atoms with E-state index in [1.807, 2.05) is 46.7 Å². The van der Waals surface area contributed by atoms with Crippen LogP contribution in [0.5, 0.6) is 5.75 Å². The zero-order chi connectivity index (χ0) is 17.2. The molecule has 0 aliphatic carbocycles. The summed E-state index contributed by atoms with van der Waals surface area (Å²) in [6, 6.07) is 7.63. The van der Waals surface area contributed by atoms with Crippen LogP contribution in [0.3, 0.4) is 0 Å². The first-order chi connectivity index (χ1) is 12.2. The van der Waals surface area contributed by atoms with Gasteiger partial charge in [-0.1, -0.05) is 6.07 Å². The largest absolute Gasteiger partial charge is 0.490 e. The Hall–Kier alpha value is -2.89. The zero-order valence-corrected chi connectivity index (χ0v) is 14.1. The molecule has 1 saturated heterocycles. The molecule has 25 heavy (non-hydrogen) atoms. The number of piperidine rings is 1. The Labute approximate surface area is 146 Å². The highest BCUT2D eigenvalue weighted by Crippen LogP contribution is 2.22. The van der Waals surface area contributed by atoms with Crippen molar-refractivity contribution in [2.75, 3.05) is 13.1 Å². The fraction of sp³-hybridized carbons (Fsp3) is 0.316. The van der Waals surface area contributed by atoms with E-state index in [1.54, 1.807) is 18.6 Å². The molecule has 3 aromatic heterocycles. The van der Waals surface area contributed by atoms with Gasteiger partial charge in [-0.3, -0.25) is 9.78 Å². The molecule has 0 atom stereocenters. The fourth-order valence-corrected chi connectivity index (χ4v) is 3.15. The number of amides is 1. The number of rotatable bonds is 3. The Morgan fingerprint density at radius 2 is 2.08 bits per heavy atom. The summed E-state index contributed by atoms with van der Waals surface area (Å²) in [7, 11) is 0. The van der Waals surface area contributed by atoms with Crippen molar-refractivity contribution in [3.05, 3.63) is 60.3 Å². The number of carbonyl (C=O) groups excluding carboxylic acids is 1. The molecule has 0 aromatic carbocycles. The molecule has 4 rings (SSSR count). The van der Waals surface area contributed by atoms with Crippen molar-refractivity contribution in [2.24, 2.45) is 0 Å². The number of aryl methyl sites for hydroxylation is 1. The minimum Gasteiger partial charge on any atom is -0.490 e. The molecule has 6 nitrogen and oxygen atoms in total. The summed E-state index contributed by atoms with van der Waals surface area (Å²) in [5.74, 6) is 0.863. The van der Waals surface area contributed by atoms with Crippen LogP contribution < -0.4 is 4.74 Å². The third-order valence-corrected chi connectivity index (χ3v) is 4.57. The first kappa shape index (κ1) is 15.6. The Bertz CT molecular complexity index is 864. The molecule has 0 bridgehead atoms. The summed E-state index contributed by atoms with van der Waals surface area (Å²) in [6.45, 7) is 3.35. The van der Waals surface area contributed by atoms with Crippen LogP contribution in [0.1, 0.15) is 28.9 Å². The van der Waals surface area contributed by atoms with Crippen molar-refractivity contribution in [1.82, 2.24) is 19.3 Å². The lowest BCUT2D eigenvalue weighted by Gasteiger charge is -2.32. The van der Waals surface area contributed by atoms with Crippen LogP contribution in [-0.2, 0) is 0 Å². The first-order valence-corrected chi connectivity index (χ1v) is 8.51. The van der Waals surface area contributed by atoms with Crippen LogP contribution in [0, 0.1) is 6.92 Å². The molecule has 1 aliphatic heterocycles. The maximum Gasteiger partial charge on any atom is 0.274 e. The highest BCUT2D eigenvalue weighted by molar-refractivity contribution is 5.93. The van der Waals surface area contributed by atoms with E-state index < -0.39 is 0 Å². The lowest BCUT2D eigenvalue weighted by atomic mass is 10.1. The van der Waals surface area contributed by atoms with E-state index in [2.05, 4.69) is 9.97 Å². The maximum absolute atomic E-state index is 12.7. The number of pyridine rings is 2. The van der Waals surface area contributed by atoms with Crippen LogP contribution in [0.4, 0.5) is 0 Å². The van der Waals surface area contributed by atoms with Crippen molar-refractivity contribution in [3.63, 3.8) is 0 Å². The lowest BCUT2D eigenvalue weighted by Crippen LogP contribution is -2.42. The average molecular weight is 336 g/mol. The standard InChI is InChI=1S/C19H20N4O2/c1-14-12-20-8-5-17(14)25-15-6-10-22(11-7-15)19(24)16-13-23-9-3-2-4-18(23)21-16/h2-5,8-9,12-13,15H,6-7,10-11H2,1H3. The van der Waals surface area contributed by atoms with Gasteiger partial charge in [-0.25, -0.2) is 4.98 Å². The van der Waals surface area contributed by atoms with Crippen LogP contribution in [0.25, 0.3) is 5.65 Å². The van der Waals surface area contributed by atoms with Gasteiger partial charge in [0.05, 0.1) is 0 Å². The molecule has 0 spiro atoms. The Kier molecular flexibility index (Phi) is 4.09.